The van der Waals surface area contributed by atoms with Crippen molar-refractivity contribution < 1.29 is 14.6 Å². The van der Waals surface area contributed by atoms with E-state index in [9.17, 15) is 9.90 Å². The van der Waals surface area contributed by atoms with Crippen molar-refractivity contribution in [2.75, 3.05) is 6.61 Å². The van der Waals surface area contributed by atoms with Crippen molar-refractivity contribution in [2.45, 2.75) is 32.4 Å². The van der Waals surface area contributed by atoms with Crippen molar-refractivity contribution in [2.24, 2.45) is 0 Å². The Labute approximate surface area is 159 Å². The van der Waals surface area contributed by atoms with Gasteiger partial charge < -0.3 is 15.2 Å². The number of aliphatic hydroxyl groups excluding tert-OH is 1. The van der Waals surface area contributed by atoms with Crippen LogP contribution in [-0.2, 0) is 4.74 Å². The van der Waals surface area contributed by atoms with Crippen molar-refractivity contribution >= 4 is 17.0 Å². The fraction of sp³-hybridized carbons (Fsp3) is 0.273. The first-order chi connectivity index (χ1) is 12.9. The quantitative estimate of drug-likeness (QED) is 0.717. The van der Waals surface area contributed by atoms with Gasteiger partial charge in [-0.05, 0) is 38.5 Å². The topological polar surface area (TPSA) is 71.5 Å². The predicted molar refractivity (Wildman–Crippen MR) is 106 cm³/mol. The van der Waals surface area contributed by atoms with Gasteiger partial charge in [0.05, 0.1) is 23.9 Å². The molecule has 0 saturated carbocycles. The number of hydrogen-bond donors (Lipinski definition) is 2. The van der Waals surface area contributed by atoms with Gasteiger partial charge in [0.1, 0.15) is 5.60 Å². The number of aliphatic hydroxyl groups is 1. The molecule has 3 aromatic rings. The highest BCUT2D eigenvalue weighted by molar-refractivity contribution is 5.86. The monoisotopic (exact) mass is 364 g/mol. The molecule has 2 aromatic carbocycles. The van der Waals surface area contributed by atoms with Gasteiger partial charge in [0.25, 0.3) is 0 Å². The van der Waals surface area contributed by atoms with E-state index >= 15 is 0 Å². The van der Waals surface area contributed by atoms with Gasteiger partial charge in [-0.3, -0.25) is 0 Å². The molecular formula is C22H24N2O3. The van der Waals surface area contributed by atoms with Crippen LogP contribution in [0.15, 0.2) is 60.7 Å². The molecule has 0 aliphatic carbocycles. The number of ether oxygens (including phenoxy) is 1. The van der Waals surface area contributed by atoms with Crippen LogP contribution in [0.4, 0.5) is 4.79 Å². The van der Waals surface area contributed by atoms with E-state index in [0.29, 0.717) is 0 Å². The summed E-state index contributed by atoms with van der Waals surface area (Å²) in [5.41, 5.74) is 2.75. The van der Waals surface area contributed by atoms with Gasteiger partial charge in [-0.2, -0.15) is 0 Å². The number of carbonyl (C=O) groups excluding carboxylic acids is 1. The summed E-state index contributed by atoms with van der Waals surface area (Å²) in [6, 6.07) is 18.8. The first-order valence-electron chi connectivity index (χ1n) is 8.93. The Balaban J connectivity index is 2.04. The molecule has 1 aromatic heterocycles. The predicted octanol–water partition coefficient (Wildman–Crippen LogP) is 4.46. The van der Waals surface area contributed by atoms with E-state index in [-0.39, 0.29) is 6.61 Å². The largest absolute Gasteiger partial charge is 0.444 e. The summed E-state index contributed by atoms with van der Waals surface area (Å²) in [5, 5.41) is 13.6. The minimum absolute atomic E-state index is 0.249. The molecule has 5 heteroatoms. The highest BCUT2D eigenvalue weighted by Crippen LogP contribution is 2.29. The van der Waals surface area contributed by atoms with E-state index in [1.54, 1.807) is 20.8 Å². The van der Waals surface area contributed by atoms with Crippen LogP contribution >= 0.6 is 0 Å². The highest BCUT2D eigenvalue weighted by Gasteiger charge is 2.22. The summed E-state index contributed by atoms with van der Waals surface area (Å²) in [4.78, 5) is 17.0. The molecule has 0 spiro atoms. The van der Waals surface area contributed by atoms with Crippen LogP contribution in [0.1, 0.15) is 32.4 Å². The van der Waals surface area contributed by atoms with E-state index in [0.717, 1.165) is 27.7 Å². The molecule has 0 radical (unpaired) electrons. The standard InChI is InChI=1S/C22H24N2O3/c1-22(2,3)27-21(26)24-20(14-25)17-13-19(15-9-5-4-6-10-15)23-18-12-8-7-11-16(17)18/h4-13,20,25H,14H2,1-3H3,(H,24,26). The molecule has 3 rings (SSSR count). The fourth-order valence-corrected chi connectivity index (χ4v) is 2.92. The minimum Gasteiger partial charge on any atom is -0.444 e. The fourth-order valence-electron chi connectivity index (χ4n) is 2.92. The zero-order chi connectivity index (χ0) is 19.4. The van der Waals surface area contributed by atoms with Crippen LogP contribution in [0.25, 0.3) is 22.2 Å². The molecule has 1 heterocycles. The first kappa shape index (κ1) is 18.9. The van der Waals surface area contributed by atoms with Gasteiger partial charge in [-0.1, -0.05) is 48.5 Å². The molecule has 0 saturated heterocycles. The number of nitrogens with one attached hydrogen (secondary N) is 1. The molecule has 0 aliphatic rings. The molecular weight excluding hydrogens is 340 g/mol. The summed E-state index contributed by atoms with van der Waals surface area (Å²) in [7, 11) is 0. The Hall–Kier alpha value is -2.92. The third-order valence-electron chi connectivity index (χ3n) is 4.07. The minimum atomic E-state index is -0.612. The van der Waals surface area contributed by atoms with E-state index < -0.39 is 17.7 Å². The van der Waals surface area contributed by atoms with Crippen LogP contribution in [0, 0.1) is 0 Å². The number of amides is 1. The molecule has 0 bridgehead atoms. The van der Waals surface area contributed by atoms with Gasteiger partial charge in [0, 0.05) is 10.9 Å². The maximum Gasteiger partial charge on any atom is 0.408 e. The average molecular weight is 364 g/mol. The number of pyridine rings is 1. The van der Waals surface area contributed by atoms with E-state index in [1.807, 2.05) is 60.7 Å². The third-order valence-corrected chi connectivity index (χ3v) is 4.07. The van der Waals surface area contributed by atoms with E-state index in [2.05, 4.69) is 5.32 Å². The van der Waals surface area contributed by atoms with Gasteiger partial charge in [0.2, 0.25) is 0 Å². The maximum absolute atomic E-state index is 12.2. The SMILES string of the molecule is CC(C)(C)OC(=O)NC(CO)c1cc(-c2ccccc2)nc2ccccc12. The van der Waals surface area contributed by atoms with Crippen LogP contribution in [-0.4, -0.2) is 28.4 Å². The molecule has 5 nitrogen and oxygen atoms in total. The number of alkyl carbamates (subject to hydrolysis) is 1. The molecule has 0 aliphatic heterocycles. The Kier molecular flexibility index (Phi) is 5.42. The molecule has 0 fully saturated rings. The van der Waals surface area contributed by atoms with Crippen LogP contribution in [0.5, 0.6) is 0 Å². The molecule has 2 N–H and O–H groups in total. The third kappa shape index (κ3) is 4.63. The van der Waals surface area contributed by atoms with Crippen LogP contribution in [0.3, 0.4) is 0 Å². The summed E-state index contributed by atoms with van der Waals surface area (Å²) in [6.45, 7) is 5.16. The second-order valence-electron chi connectivity index (χ2n) is 7.36. The number of fused-ring (bicyclic) bond motifs is 1. The number of nitrogens with zero attached hydrogens (tertiary/aromatic N) is 1. The summed E-state index contributed by atoms with van der Waals surface area (Å²) >= 11 is 0. The summed E-state index contributed by atoms with van der Waals surface area (Å²) in [6.07, 6.45) is -0.566. The Bertz CT molecular complexity index is 933. The average Bonchev–Trinajstić information content (AvgIpc) is 2.64. The Morgan fingerprint density at radius 1 is 1.11 bits per heavy atom. The van der Waals surface area contributed by atoms with Crippen LogP contribution in [0.2, 0.25) is 0 Å². The second-order valence-corrected chi connectivity index (χ2v) is 7.36. The number of para-hydroxylation sites is 1. The number of rotatable bonds is 4. The molecule has 1 atom stereocenters. The van der Waals surface area contributed by atoms with E-state index in [4.69, 9.17) is 9.72 Å². The molecule has 140 valence electrons. The zero-order valence-electron chi connectivity index (χ0n) is 15.8. The number of aromatic nitrogens is 1. The van der Waals surface area contributed by atoms with Gasteiger partial charge in [-0.15, -0.1) is 0 Å². The summed E-state index contributed by atoms with van der Waals surface area (Å²) < 4.78 is 5.34. The second kappa shape index (κ2) is 7.76. The highest BCUT2D eigenvalue weighted by atomic mass is 16.6. The molecule has 27 heavy (non-hydrogen) atoms. The van der Waals surface area contributed by atoms with Crippen LogP contribution < -0.4 is 5.32 Å². The lowest BCUT2D eigenvalue weighted by Crippen LogP contribution is -2.36. The smallest absolute Gasteiger partial charge is 0.408 e. The van der Waals surface area contributed by atoms with Crippen molar-refractivity contribution in [3.8, 4) is 11.3 Å². The number of benzene rings is 2. The number of carbonyl (C=O) groups is 1. The van der Waals surface area contributed by atoms with Crippen molar-refractivity contribution in [1.82, 2.24) is 10.3 Å². The Morgan fingerprint density at radius 2 is 1.78 bits per heavy atom. The number of hydrogen-bond acceptors (Lipinski definition) is 4. The molecule has 1 amide bonds. The normalized spacial score (nSPS) is 12.6. The lowest BCUT2D eigenvalue weighted by molar-refractivity contribution is 0.0482. The lowest BCUT2D eigenvalue weighted by atomic mass is 9.99. The lowest BCUT2D eigenvalue weighted by Gasteiger charge is -2.24. The summed E-state index contributed by atoms with van der Waals surface area (Å²) in [5.74, 6) is 0. The zero-order valence-corrected chi connectivity index (χ0v) is 15.8. The maximum atomic E-state index is 12.2. The van der Waals surface area contributed by atoms with Gasteiger partial charge >= 0.3 is 6.09 Å². The van der Waals surface area contributed by atoms with Crippen molar-refractivity contribution in [3.63, 3.8) is 0 Å². The first-order valence-corrected chi connectivity index (χ1v) is 8.93. The van der Waals surface area contributed by atoms with Crippen molar-refractivity contribution in [3.05, 3.63) is 66.2 Å². The van der Waals surface area contributed by atoms with Gasteiger partial charge in [-0.25, -0.2) is 9.78 Å². The Morgan fingerprint density at radius 3 is 2.44 bits per heavy atom. The van der Waals surface area contributed by atoms with E-state index in [1.165, 1.54) is 0 Å². The van der Waals surface area contributed by atoms with Gasteiger partial charge in [0.15, 0.2) is 0 Å². The molecule has 1 unspecified atom stereocenters. The van der Waals surface area contributed by atoms with Crippen molar-refractivity contribution in [1.29, 1.82) is 0 Å².